The summed E-state index contributed by atoms with van der Waals surface area (Å²) in [5.74, 6) is -1.69. The van der Waals surface area contributed by atoms with Crippen LogP contribution in [0.3, 0.4) is 0 Å². The van der Waals surface area contributed by atoms with E-state index >= 15 is 0 Å². The molecule has 1 aliphatic rings. The molecule has 0 aromatic heterocycles. The first-order valence-electron chi connectivity index (χ1n) is 8.35. The van der Waals surface area contributed by atoms with Crippen molar-refractivity contribution in [3.8, 4) is 0 Å². The number of nitrogens with one attached hydrogen (secondary N) is 1. The van der Waals surface area contributed by atoms with Crippen molar-refractivity contribution in [2.45, 2.75) is 11.7 Å². The Labute approximate surface area is 180 Å². The number of amides is 2. The quantitative estimate of drug-likeness (QED) is 0.722. The number of carbonyl (C=O) groups is 3. The molecule has 29 heavy (non-hydrogen) atoms. The summed E-state index contributed by atoms with van der Waals surface area (Å²) in [7, 11) is 1.58. The molecule has 1 fully saturated rings. The van der Waals surface area contributed by atoms with Gasteiger partial charge >= 0.3 is 5.97 Å². The summed E-state index contributed by atoms with van der Waals surface area (Å²) in [6.45, 7) is 0. The van der Waals surface area contributed by atoms with E-state index in [2.05, 4.69) is 10.3 Å². The Bertz CT molecular complexity index is 991. The molecule has 10 heteroatoms. The van der Waals surface area contributed by atoms with Gasteiger partial charge in [-0.1, -0.05) is 35.0 Å². The third kappa shape index (κ3) is 5.29. The third-order valence-corrected chi connectivity index (χ3v) is 5.71. The van der Waals surface area contributed by atoms with E-state index in [1.807, 2.05) is 0 Å². The molecule has 150 valence electrons. The molecule has 1 aliphatic heterocycles. The number of rotatable bonds is 4. The summed E-state index contributed by atoms with van der Waals surface area (Å²) >= 11 is 13.1. The van der Waals surface area contributed by atoms with E-state index in [-0.39, 0.29) is 23.8 Å². The summed E-state index contributed by atoms with van der Waals surface area (Å²) < 4.78 is 0. The zero-order valence-corrected chi connectivity index (χ0v) is 17.4. The van der Waals surface area contributed by atoms with E-state index in [1.54, 1.807) is 25.2 Å². The van der Waals surface area contributed by atoms with E-state index in [4.69, 9.17) is 28.3 Å². The molecule has 1 saturated heterocycles. The molecule has 0 saturated carbocycles. The highest BCUT2D eigenvalue weighted by Crippen LogP contribution is 2.31. The van der Waals surface area contributed by atoms with Gasteiger partial charge in [0.2, 0.25) is 11.8 Å². The van der Waals surface area contributed by atoms with Crippen molar-refractivity contribution in [2.75, 3.05) is 12.4 Å². The molecule has 7 nitrogen and oxygen atoms in total. The van der Waals surface area contributed by atoms with Crippen molar-refractivity contribution in [1.29, 1.82) is 0 Å². The van der Waals surface area contributed by atoms with Crippen LogP contribution in [0.1, 0.15) is 16.8 Å². The van der Waals surface area contributed by atoms with Crippen LogP contribution in [0.25, 0.3) is 0 Å². The van der Waals surface area contributed by atoms with Gasteiger partial charge < -0.3 is 10.4 Å². The van der Waals surface area contributed by atoms with Gasteiger partial charge in [0.1, 0.15) is 5.25 Å². The minimum absolute atomic E-state index is 0.00946. The summed E-state index contributed by atoms with van der Waals surface area (Å²) in [5.41, 5.74) is 1.02. The highest BCUT2D eigenvalue weighted by molar-refractivity contribution is 8.15. The first-order valence-corrected chi connectivity index (χ1v) is 9.98. The van der Waals surface area contributed by atoms with Crippen molar-refractivity contribution >= 4 is 69.3 Å². The van der Waals surface area contributed by atoms with Crippen LogP contribution in [-0.4, -0.2) is 45.3 Å². The van der Waals surface area contributed by atoms with Crippen molar-refractivity contribution in [2.24, 2.45) is 4.99 Å². The highest BCUT2D eigenvalue weighted by Gasteiger charge is 2.34. The van der Waals surface area contributed by atoms with Gasteiger partial charge in [-0.2, -0.15) is 0 Å². The average Bonchev–Trinajstić information content (AvgIpc) is 2.64. The number of anilines is 1. The van der Waals surface area contributed by atoms with E-state index in [1.165, 1.54) is 29.2 Å². The number of hydrogen-bond acceptors (Lipinski definition) is 5. The largest absolute Gasteiger partial charge is 0.478 e. The van der Waals surface area contributed by atoms with Crippen molar-refractivity contribution in [3.05, 3.63) is 58.1 Å². The van der Waals surface area contributed by atoms with Gasteiger partial charge in [-0.3, -0.25) is 14.5 Å². The Balaban J connectivity index is 1.77. The molecule has 1 heterocycles. The van der Waals surface area contributed by atoms with Crippen LogP contribution in [0.5, 0.6) is 0 Å². The molecule has 1 atom stereocenters. The summed E-state index contributed by atoms with van der Waals surface area (Å²) in [5, 5.41) is 12.1. The topological polar surface area (TPSA) is 99.1 Å². The van der Waals surface area contributed by atoms with Crippen LogP contribution >= 0.6 is 35.0 Å². The smallest absolute Gasteiger partial charge is 0.335 e. The number of aliphatic imine (C=N–C) groups is 1. The van der Waals surface area contributed by atoms with Crippen LogP contribution in [0.2, 0.25) is 10.0 Å². The summed E-state index contributed by atoms with van der Waals surface area (Å²) in [4.78, 5) is 41.7. The first-order chi connectivity index (χ1) is 13.7. The molecule has 0 bridgehead atoms. The van der Waals surface area contributed by atoms with E-state index < -0.39 is 11.2 Å². The van der Waals surface area contributed by atoms with Crippen LogP contribution in [0, 0.1) is 0 Å². The number of hydrogen-bond donors (Lipinski definition) is 2. The number of carbonyl (C=O) groups excluding carboxylic acids is 2. The lowest BCUT2D eigenvalue weighted by molar-refractivity contribution is -0.128. The maximum atomic E-state index is 12.6. The second-order valence-corrected chi connectivity index (χ2v) is 8.20. The fourth-order valence-electron chi connectivity index (χ4n) is 2.53. The molecular formula is C19H15Cl2N3O4S. The number of carboxylic acids is 1. The Morgan fingerprint density at radius 3 is 2.38 bits per heavy atom. The van der Waals surface area contributed by atoms with Crippen molar-refractivity contribution in [3.63, 3.8) is 0 Å². The van der Waals surface area contributed by atoms with Crippen LogP contribution in [0.15, 0.2) is 47.5 Å². The van der Waals surface area contributed by atoms with E-state index in [0.717, 1.165) is 11.8 Å². The number of aromatic carboxylic acids is 1. The maximum Gasteiger partial charge on any atom is 0.335 e. The molecule has 2 N–H and O–H groups in total. The minimum Gasteiger partial charge on any atom is -0.478 e. The lowest BCUT2D eigenvalue weighted by atomic mass is 10.2. The van der Waals surface area contributed by atoms with E-state index in [9.17, 15) is 14.4 Å². The standard InChI is InChI=1S/C19H15Cl2N3O4S/c1-24-16(25)9-15(17(26)22-13-4-2-10(3-5-13)18(27)28)29-19(24)23-14-7-11(20)6-12(21)8-14/h2-8,15H,9H2,1H3,(H,22,26)(H,27,28)/t15-/m0/s1. The summed E-state index contributed by atoms with van der Waals surface area (Å²) in [6.07, 6.45) is 0.00946. The zero-order valence-electron chi connectivity index (χ0n) is 15.1. The monoisotopic (exact) mass is 451 g/mol. The molecule has 2 aromatic rings. The highest BCUT2D eigenvalue weighted by atomic mass is 35.5. The first kappa shape index (κ1) is 21.2. The molecular weight excluding hydrogens is 437 g/mol. The van der Waals surface area contributed by atoms with Gasteiger partial charge in [0.25, 0.3) is 0 Å². The minimum atomic E-state index is -1.05. The normalized spacial score (nSPS) is 18.0. The van der Waals surface area contributed by atoms with E-state index in [0.29, 0.717) is 26.6 Å². The maximum absolute atomic E-state index is 12.6. The fraction of sp³-hybridized carbons (Fsp3) is 0.158. The molecule has 0 aliphatic carbocycles. The molecule has 2 aromatic carbocycles. The van der Waals surface area contributed by atoms with Crippen molar-refractivity contribution in [1.82, 2.24) is 4.90 Å². The summed E-state index contributed by atoms with van der Waals surface area (Å²) in [6, 6.07) is 10.5. The second-order valence-electron chi connectivity index (χ2n) is 6.16. The second kappa shape index (κ2) is 8.86. The SMILES string of the molecule is CN1C(=O)C[C@@H](C(=O)Nc2ccc(C(=O)O)cc2)SC1=Nc1cc(Cl)cc(Cl)c1. The van der Waals surface area contributed by atoms with Gasteiger partial charge in [-0.25, -0.2) is 9.79 Å². The molecule has 0 unspecified atom stereocenters. The predicted octanol–water partition coefficient (Wildman–Crippen LogP) is 4.28. The number of benzene rings is 2. The van der Waals surface area contributed by atoms with Gasteiger partial charge in [-0.15, -0.1) is 0 Å². The molecule has 3 rings (SSSR count). The van der Waals surface area contributed by atoms with Crippen LogP contribution in [0.4, 0.5) is 11.4 Å². The fourth-order valence-corrected chi connectivity index (χ4v) is 4.11. The third-order valence-electron chi connectivity index (χ3n) is 4.03. The van der Waals surface area contributed by atoms with Gasteiger partial charge in [0.15, 0.2) is 5.17 Å². The van der Waals surface area contributed by atoms with Crippen LogP contribution in [-0.2, 0) is 9.59 Å². The number of nitrogens with zero attached hydrogens (tertiary/aromatic N) is 2. The molecule has 2 amide bonds. The van der Waals surface area contributed by atoms with Gasteiger partial charge in [0, 0.05) is 29.2 Å². The predicted molar refractivity (Wildman–Crippen MR) is 114 cm³/mol. The number of thioether (sulfide) groups is 1. The Hall–Kier alpha value is -2.55. The lowest BCUT2D eigenvalue weighted by Gasteiger charge is -2.28. The zero-order chi connectivity index (χ0) is 21.1. The molecule has 0 radical (unpaired) electrons. The number of halogens is 2. The Morgan fingerprint density at radius 2 is 1.79 bits per heavy atom. The van der Waals surface area contributed by atoms with Crippen LogP contribution < -0.4 is 5.32 Å². The Morgan fingerprint density at radius 1 is 1.17 bits per heavy atom. The lowest BCUT2D eigenvalue weighted by Crippen LogP contribution is -2.43. The number of amidine groups is 1. The van der Waals surface area contributed by atoms with Crippen molar-refractivity contribution < 1.29 is 19.5 Å². The van der Waals surface area contributed by atoms with Gasteiger partial charge in [0.05, 0.1) is 11.3 Å². The van der Waals surface area contributed by atoms with Gasteiger partial charge in [-0.05, 0) is 42.5 Å². The number of carboxylic acid groups (broad SMARTS) is 1. The Kier molecular flexibility index (Phi) is 6.46. The molecule has 0 spiro atoms. The average molecular weight is 452 g/mol.